The first kappa shape index (κ1) is 8.75. The SMILES string of the molecule is COC(=O)C=C1CC2CCC(C1)O2. The highest BCUT2D eigenvalue weighted by atomic mass is 16.5. The van der Waals surface area contributed by atoms with Crippen molar-refractivity contribution < 1.29 is 14.3 Å². The van der Waals surface area contributed by atoms with Crippen LogP contribution in [-0.4, -0.2) is 25.3 Å². The number of esters is 1. The Labute approximate surface area is 77.7 Å². The first-order valence-corrected chi connectivity index (χ1v) is 4.71. The number of hydrogen-bond acceptors (Lipinski definition) is 3. The van der Waals surface area contributed by atoms with Gasteiger partial charge in [-0.15, -0.1) is 0 Å². The Bertz CT molecular complexity index is 231. The number of carbonyl (C=O) groups is 1. The van der Waals surface area contributed by atoms with Gasteiger partial charge in [0.05, 0.1) is 19.3 Å². The van der Waals surface area contributed by atoms with E-state index in [1.54, 1.807) is 6.08 Å². The minimum Gasteiger partial charge on any atom is -0.466 e. The van der Waals surface area contributed by atoms with Crippen molar-refractivity contribution in [3.05, 3.63) is 11.6 Å². The normalized spacial score (nSPS) is 31.6. The molecule has 0 amide bonds. The second kappa shape index (κ2) is 3.50. The minimum absolute atomic E-state index is 0.240. The Morgan fingerprint density at radius 1 is 1.46 bits per heavy atom. The van der Waals surface area contributed by atoms with E-state index in [-0.39, 0.29) is 5.97 Å². The highest BCUT2D eigenvalue weighted by Crippen LogP contribution is 2.35. The third-order valence-electron chi connectivity index (χ3n) is 2.70. The van der Waals surface area contributed by atoms with Crippen LogP contribution in [0.25, 0.3) is 0 Å². The molecule has 3 nitrogen and oxygen atoms in total. The Balaban J connectivity index is 2.02. The van der Waals surface area contributed by atoms with Crippen LogP contribution in [0.1, 0.15) is 25.7 Å². The van der Waals surface area contributed by atoms with Gasteiger partial charge in [-0.05, 0) is 25.7 Å². The monoisotopic (exact) mass is 182 g/mol. The molecule has 2 heterocycles. The van der Waals surface area contributed by atoms with Crippen molar-refractivity contribution in [2.45, 2.75) is 37.9 Å². The van der Waals surface area contributed by atoms with Gasteiger partial charge in [-0.3, -0.25) is 0 Å². The van der Waals surface area contributed by atoms with E-state index in [1.807, 2.05) is 0 Å². The highest BCUT2D eigenvalue weighted by Gasteiger charge is 2.31. The molecule has 0 aromatic rings. The topological polar surface area (TPSA) is 35.5 Å². The van der Waals surface area contributed by atoms with Crippen LogP contribution in [0.5, 0.6) is 0 Å². The van der Waals surface area contributed by atoms with E-state index in [0.717, 1.165) is 25.7 Å². The van der Waals surface area contributed by atoms with Crippen molar-refractivity contribution in [2.75, 3.05) is 7.11 Å². The zero-order valence-electron chi connectivity index (χ0n) is 7.79. The molecule has 2 aliphatic heterocycles. The van der Waals surface area contributed by atoms with Crippen LogP contribution in [0, 0.1) is 0 Å². The largest absolute Gasteiger partial charge is 0.466 e. The fraction of sp³-hybridized carbons (Fsp3) is 0.700. The number of carbonyl (C=O) groups excluding carboxylic acids is 1. The lowest BCUT2D eigenvalue weighted by Crippen LogP contribution is -2.19. The first-order valence-electron chi connectivity index (χ1n) is 4.71. The van der Waals surface area contributed by atoms with Gasteiger partial charge >= 0.3 is 5.97 Å². The van der Waals surface area contributed by atoms with Crippen molar-refractivity contribution in [2.24, 2.45) is 0 Å². The summed E-state index contributed by atoms with van der Waals surface area (Å²) in [6.45, 7) is 0. The Morgan fingerprint density at radius 3 is 2.62 bits per heavy atom. The van der Waals surface area contributed by atoms with E-state index in [2.05, 4.69) is 4.74 Å². The second-order valence-corrected chi connectivity index (χ2v) is 3.69. The molecule has 0 radical (unpaired) electrons. The predicted octanol–water partition coefficient (Wildman–Crippen LogP) is 1.43. The molecular formula is C10H14O3. The minimum atomic E-state index is -0.240. The lowest BCUT2D eigenvalue weighted by molar-refractivity contribution is -0.134. The average molecular weight is 182 g/mol. The van der Waals surface area contributed by atoms with Crippen LogP contribution >= 0.6 is 0 Å². The number of ether oxygens (including phenoxy) is 2. The summed E-state index contributed by atoms with van der Waals surface area (Å²) in [6, 6.07) is 0. The quantitative estimate of drug-likeness (QED) is 0.454. The van der Waals surface area contributed by atoms with Crippen LogP contribution in [-0.2, 0) is 14.3 Å². The predicted molar refractivity (Wildman–Crippen MR) is 47.2 cm³/mol. The number of methoxy groups -OCH3 is 1. The standard InChI is InChI=1S/C10H14O3/c1-12-10(11)6-7-4-8-2-3-9(5-7)13-8/h6,8-9H,2-5H2,1H3. The maximum Gasteiger partial charge on any atom is 0.330 e. The van der Waals surface area contributed by atoms with Crippen LogP contribution in [0.15, 0.2) is 11.6 Å². The summed E-state index contributed by atoms with van der Waals surface area (Å²) in [7, 11) is 1.41. The van der Waals surface area contributed by atoms with Crippen LogP contribution in [0.2, 0.25) is 0 Å². The molecule has 0 aliphatic carbocycles. The number of hydrogen-bond donors (Lipinski definition) is 0. The fourth-order valence-corrected chi connectivity index (χ4v) is 2.09. The molecule has 0 spiro atoms. The summed E-state index contributed by atoms with van der Waals surface area (Å²) in [5, 5.41) is 0. The maximum atomic E-state index is 11.0. The third kappa shape index (κ3) is 1.91. The van der Waals surface area contributed by atoms with E-state index in [9.17, 15) is 4.79 Å². The molecule has 2 aliphatic rings. The lowest BCUT2D eigenvalue weighted by Gasteiger charge is -2.22. The summed E-state index contributed by atoms with van der Waals surface area (Å²) in [5.74, 6) is -0.240. The summed E-state index contributed by atoms with van der Waals surface area (Å²) in [6.07, 6.45) is 6.43. The molecular weight excluding hydrogens is 168 g/mol. The molecule has 0 aromatic carbocycles. The van der Waals surface area contributed by atoms with Gasteiger partial charge in [-0.25, -0.2) is 4.79 Å². The maximum absolute atomic E-state index is 11.0. The smallest absolute Gasteiger partial charge is 0.330 e. The van der Waals surface area contributed by atoms with Crippen LogP contribution in [0.3, 0.4) is 0 Å². The van der Waals surface area contributed by atoms with Crippen LogP contribution < -0.4 is 0 Å². The van der Waals surface area contributed by atoms with Gasteiger partial charge in [0, 0.05) is 6.08 Å². The molecule has 0 saturated carbocycles. The van der Waals surface area contributed by atoms with Gasteiger partial charge in [0.25, 0.3) is 0 Å². The van der Waals surface area contributed by atoms with E-state index >= 15 is 0 Å². The summed E-state index contributed by atoms with van der Waals surface area (Å²) in [5.41, 5.74) is 1.19. The Morgan fingerprint density at radius 2 is 2.08 bits per heavy atom. The molecule has 13 heavy (non-hydrogen) atoms. The van der Waals surface area contributed by atoms with Gasteiger partial charge in [0.15, 0.2) is 0 Å². The average Bonchev–Trinajstić information content (AvgIpc) is 2.46. The Kier molecular flexibility index (Phi) is 2.36. The van der Waals surface area contributed by atoms with Gasteiger partial charge in [-0.2, -0.15) is 0 Å². The van der Waals surface area contributed by atoms with Crippen molar-refractivity contribution in [1.29, 1.82) is 0 Å². The molecule has 3 heteroatoms. The van der Waals surface area contributed by atoms with Gasteiger partial charge in [0.2, 0.25) is 0 Å². The Hall–Kier alpha value is -0.830. The fourth-order valence-electron chi connectivity index (χ4n) is 2.09. The molecule has 2 bridgehead atoms. The molecule has 2 fully saturated rings. The van der Waals surface area contributed by atoms with E-state index in [4.69, 9.17) is 4.74 Å². The molecule has 0 N–H and O–H groups in total. The molecule has 72 valence electrons. The molecule has 0 aromatic heterocycles. The van der Waals surface area contributed by atoms with Gasteiger partial charge < -0.3 is 9.47 Å². The zero-order valence-corrected chi connectivity index (χ0v) is 7.79. The first-order chi connectivity index (χ1) is 6.28. The zero-order chi connectivity index (χ0) is 9.26. The number of fused-ring (bicyclic) bond motifs is 2. The lowest BCUT2D eigenvalue weighted by atomic mass is 10.0. The van der Waals surface area contributed by atoms with Gasteiger partial charge in [-0.1, -0.05) is 5.57 Å². The molecule has 2 atom stereocenters. The number of rotatable bonds is 1. The van der Waals surface area contributed by atoms with Crippen molar-refractivity contribution in [1.82, 2.24) is 0 Å². The van der Waals surface area contributed by atoms with E-state index in [1.165, 1.54) is 12.7 Å². The third-order valence-corrected chi connectivity index (χ3v) is 2.70. The molecule has 2 saturated heterocycles. The molecule has 2 unspecified atom stereocenters. The van der Waals surface area contributed by atoms with Crippen molar-refractivity contribution >= 4 is 5.97 Å². The van der Waals surface area contributed by atoms with Gasteiger partial charge in [0.1, 0.15) is 0 Å². The second-order valence-electron chi connectivity index (χ2n) is 3.69. The van der Waals surface area contributed by atoms with E-state index < -0.39 is 0 Å². The van der Waals surface area contributed by atoms with E-state index in [0.29, 0.717) is 12.2 Å². The highest BCUT2D eigenvalue weighted by molar-refractivity contribution is 5.82. The molecule has 2 rings (SSSR count). The summed E-state index contributed by atoms with van der Waals surface area (Å²) < 4.78 is 10.2. The summed E-state index contributed by atoms with van der Waals surface area (Å²) >= 11 is 0. The van der Waals surface area contributed by atoms with Crippen LogP contribution in [0.4, 0.5) is 0 Å². The van der Waals surface area contributed by atoms with Crippen molar-refractivity contribution in [3.63, 3.8) is 0 Å². The van der Waals surface area contributed by atoms with Crippen molar-refractivity contribution in [3.8, 4) is 0 Å². The summed E-state index contributed by atoms with van der Waals surface area (Å²) in [4.78, 5) is 11.0.